The van der Waals surface area contributed by atoms with Gasteiger partial charge in [-0.2, -0.15) is 0 Å². The van der Waals surface area contributed by atoms with Crippen molar-refractivity contribution in [3.05, 3.63) is 42.0 Å². The molecule has 0 bridgehead atoms. The molecule has 2 aromatic carbocycles. The fourth-order valence-corrected chi connectivity index (χ4v) is 4.14. The van der Waals surface area contributed by atoms with E-state index in [4.69, 9.17) is 4.74 Å². The number of ether oxygens (including phenoxy) is 1. The molecule has 2 aromatic rings. The van der Waals surface area contributed by atoms with E-state index in [2.05, 4.69) is 0 Å². The van der Waals surface area contributed by atoms with Crippen LogP contribution in [0.15, 0.2) is 36.4 Å². The van der Waals surface area contributed by atoms with E-state index in [-0.39, 0.29) is 23.9 Å². The predicted octanol–water partition coefficient (Wildman–Crippen LogP) is 4.71. The highest BCUT2D eigenvalue weighted by Crippen LogP contribution is 2.41. The summed E-state index contributed by atoms with van der Waals surface area (Å²) in [5.74, 6) is 0.839. The summed E-state index contributed by atoms with van der Waals surface area (Å²) in [6.07, 6.45) is 5.55. The average Bonchev–Trinajstić information content (AvgIpc) is 2.86. The molecule has 1 aliphatic carbocycles. The van der Waals surface area contributed by atoms with Gasteiger partial charge in [0.15, 0.2) is 5.60 Å². The van der Waals surface area contributed by atoms with Crippen molar-refractivity contribution in [1.29, 1.82) is 0 Å². The van der Waals surface area contributed by atoms with Crippen LogP contribution in [0.2, 0.25) is 0 Å². The van der Waals surface area contributed by atoms with Crippen LogP contribution in [0.4, 0.5) is 0 Å². The first-order valence-corrected chi connectivity index (χ1v) is 8.87. The molecular weight excluding hydrogens is 300 g/mol. The van der Waals surface area contributed by atoms with E-state index in [1.165, 1.54) is 6.42 Å². The zero-order valence-electron chi connectivity index (χ0n) is 14.0. The van der Waals surface area contributed by atoms with Gasteiger partial charge in [-0.1, -0.05) is 49.6 Å². The third-order valence-corrected chi connectivity index (χ3v) is 5.51. The van der Waals surface area contributed by atoms with E-state index in [0.717, 1.165) is 36.5 Å². The van der Waals surface area contributed by atoms with Crippen molar-refractivity contribution >= 4 is 22.3 Å². The third kappa shape index (κ3) is 2.43. The van der Waals surface area contributed by atoms with Crippen LogP contribution in [0.3, 0.4) is 0 Å². The molecule has 1 atom stereocenters. The summed E-state index contributed by atoms with van der Waals surface area (Å²) >= 11 is 0. The van der Waals surface area contributed by atoms with Gasteiger partial charge in [-0.3, -0.25) is 9.59 Å². The number of carbonyl (C=O) groups is 2. The lowest BCUT2D eigenvalue weighted by molar-refractivity contribution is -0.126. The Labute approximate surface area is 142 Å². The molecule has 24 heavy (non-hydrogen) atoms. The van der Waals surface area contributed by atoms with Crippen LogP contribution in [-0.2, 0) is 4.79 Å². The summed E-state index contributed by atoms with van der Waals surface area (Å²) in [4.78, 5) is 25.8. The maximum Gasteiger partial charge on any atom is 0.210 e. The van der Waals surface area contributed by atoms with Crippen LogP contribution in [0.5, 0.6) is 5.75 Å². The maximum atomic E-state index is 13.1. The number of fused-ring (bicyclic) bond motifs is 3. The minimum absolute atomic E-state index is 0.0570. The average molecular weight is 322 g/mol. The Morgan fingerprint density at radius 2 is 1.88 bits per heavy atom. The fourth-order valence-electron chi connectivity index (χ4n) is 4.14. The molecule has 3 nitrogen and oxygen atoms in total. The number of hydrogen-bond donors (Lipinski definition) is 0. The largest absolute Gasteiger partial charge is 0.478 e. The number of ketones is 2. The van der Waals surface area contributed by atoms with Gasteiger partial charge in [-0.15, -0.1) is 0 Å². The van der Waals surface area contributed by atoms with Crippen molar-refractivity contribution in [2.45, 2.75) is 51.0 Å². The molecule has 0 amide bonds. The van der Waals surface area contributed by atoms with Crippen LogP contribution >= 0.6 is 0 Å². The van der Waals surface area contributed by atoms with Gasteiger partial charge in [0.25, 0.3) is 0 Å². The van der Waals surface area contributed by atoms with Gasteiger partial charge >= 0.3 is 0 Å². The molecule has 1 unspecified atom stereocenters. The van der Waals surface area contributed by atoms with Gasteiger partial charge in [0.2, 0.25) is 5.78 Å². The van der Waals surface area contributed by atoms with Crippen molar-refractivity contribution in [3.8, 4) is 5.75 Å². The van der Waals surface area contributed by atoms with Crippen LogP contribution < -0.4 is 4.74 Å². The number of Topliss-reactive ketones (excluding diaryl/α,β-unsaturated/α-hetero) is 2. The molecule has 0 aromatic heterocycles. The minimum Gasteiger partial charge on any atom is -0.478 e. The van der Waals surface area contributed by atoms with E-state index in [1.54, 1.807) is 6.92 Å². The van der Waals surface area contributed by atoms with E-state index in [1.807, 2.05) is 36.4 Å². The first-order chi connectivity index (χ1) is 11.6. The molecule has 1 saturated carbocycles. The molecule has 0 spiro atoms. The highest BCUT2D eigenvalue weighted by atomic mass is 16.5. The number of carbonyl (C=O) groups excluding carboxylic acids is 2. The second-order valence-electron chi connectivity index (χ2n) is 7.30. The van der Waals surface area contributed by atoms with Crippen molar-refractivity contribution in [2.24, 2.45) is 5.92 Å². The Hall–Kier alpha value is -2.16. The lowest BCUT2D eigenvalue weighted by atomic mass is 9.81. The molecule has 0 radical (unpaired) electrons. The summed E-state index contributed by atoms with van der Waals surface area (Å²) in [6.45, 7) is 1.77. The van der Waals surface area contributed by atoms with E-state index < -0.39 is 5.60 Å². The SMILES string of the molecule is CC1(CC(=O)C2CCCCC2)Oc2ccc3ccccc3c2C1=O. The van der Waals surface area contributed by atoms with Crippen molar-refractivity contribution < 1.29 is 14.3 Å². The number of rotatable bonds is 3. The van der Waals surface area contributed by atoms with Crippen LogP contribution in [0, 0.1) is 5.92 Å². The molecule has 3 heteroatoms. The summed E-state index contributed by atoms with van der Waals surface area (Å²) in [5.41, 5.74) is -0.423. The second kappa shape index (κ2) is 5.73. The predicted molar refractivity (Wildman–Crippen MR) is 93.5 cm³/mol. The maximum absolute atomic E-state index is 13.1. The van der Waals surface area contributed by atoms with Gasteiger partial charge in [0.1, 0.15) is 11.5 Å². The molecule has 4 rings (SSSR count). The number of hydrogen-bond acceptors (Lipinski definition) is 3. The number of benzene rings is 2. The monoisotopic (exact) mass is 322 g/mol. The van der Waals surface area contributed by atoms with Gasteiger partial charge < -0.3 is 4.74 Å². The highest BCUT2D eigenvalue weighted by molar-refractivity contribution is 6.17. The molecule has 1 aliphatic heterocycles. The smallest absolute Gasteiger partial charge is 0.210 e. The van der Waals surface area contributed by atoms with Crippen molar-refractivity contribution in [2.75, 3.05) is 0 Å². The minimum atomic E-state index is -1.05. The molecule has 1 fully saturated rings. The Bertz CT molecular complexity index is 817. The normalized spacial score (nSPS) is 24.0. The molecule has 124 valence electrons. The molecule has 0 saturated heterocycles. The fraction of sp³-hybridized carbons (Fsp3) is 0.429. The van der Waals surface area contributed by atoms with Gasteiger partial charge in [-0.05, 0) is 36.6 Å². The van der Waals surface area contributed by atoms with Gasteiger partial charge in [0, 0.05) is 5.92 Å². The van der Waals surface area contributed by atoms with Gasteiger partial charge in [-0.25, -0.2) is 0 Å². The van der Waals surface area contributed by atoms with Crippen LogP contribution in [0.1, 0.15) is 55.8 Å². The Morgan fingerprint density at radius 3 is 2.67 bits per heavy atom. The zero-order chi connectivity index (χ0) is 16.7. The second-order valence-corrected chi connectivity index (χ2v) is 7.30. The van der Waals surface area contributed by atoms with Crippen molar-refractivity contribution in [1.82, 2.24) is 0 Å². The van der Waals surface area contributed by atoms with E-state index in [0.29, 0.717) is 11.3 Å². The van der Waals surface area contributed by atoms with Crippen LogP contribution in [-0.4, -0.2) is 17.2 Å². The first kappa shape index (κ1) is 15.4. The summed E-state index contributed by atoms with van der Waals surface area (Å²) in [5, 5.41) is 1.94. The summed E-state index contributed by atoms with van der Waals surface area (Å²) < 4.78 is 6.01. The Morgan fingerprint density at radius 1 is 1.12 bits per heavy atom. The summed E-state index contributed by atoms with van der Waals surface area (Å²) in [6, 6.07) is 11.7. The summed E-state index contributed by atoms with van der Waals surface area (Å²) in [7, 11) is 0. The molecule has 0 N–H and O–H groups in total. The molecule has 2 aliphatic rings. The Balaban J connectivity index is 1.64. The Kier molecular flexibility index (Phi) is 3.67. The van der Waals surface area contributed by atoms with Crippen LogP contribution in [0.25, 0.3) is 10.8 Å². The topological polar surface area (TPSA) is 43.4 Å². The van der Waals surface area contributed by atoms with E-state index >= 15 is 0 Å². The third-order valence-electron chi connectivity index (χ3n) is 5.51. The highest BCUT2D eigenvalue weighted by Gasteiger charge is 2.46. The standard InChI is InChI=1S/C21H22O3/c1-21(13-17(22)15-8-3-2-4-9-15)20(23)19-16-10-6-5-7-14(16)11-12-18(19)24-21/h5-7,10-12,15H,2-4,8-9,13H2,1H3. The molecule has 1 heterocycles. The zero-order valence-corrected chi connectivity index (χ0v) is 14.0. The van der Waals surface area contributed by atoms with E-state index in [9.17, 15) is 9.59 Å². The van der Waals surface area contributed by atoms with Gasteiger partial charge in [0.05, 0.1) is 12.0 Å². The quantitative estimate of drug-likeness (QED) is 0.821. The first-order valence-electron chi connectivity index (χ1n) is 8.87. The lowest BCUT2D eigenvalue weighted by Crippen LogP contribution is -2.40. The molecular formula is C21H22O3. The van der Waals surface area contributed by atoms with Crippen molar-refractivity contribution in [3.63, 3.8) is 0 Å². The lowest BCUT2D eigenvalue weighted by Gasteiger charge is -2.26.